The highest BCUT2D eigenvalue weighted by Crippen LogP contribution is 2.38. The number of hydrogen-bond donors (Lipinski definition) is 0. The molecule has 0 spiro atoms. The summed E-state index contributed by atoms with van der Waals surface area (Å²) in [6.45, 7) is 0.521. The maximum Gasteiger partial charge on any atom is 0.416 e. The van der Waals surface area contributed by atoms with Gasteiger partial charge >= 0.3 is 12.4 Å². The lowest BCUT2D eigenvalue weighted by Gasteiger charge is -2.23. The monoisotopic (exact) mass is 576 g/mol. The van der Waals surface area contributed by atoms with E-state index in [-0.39, 0.29) is 23.0 Å². The van der Waals surface area contributed by atoms with Crippen molar-refractivity contribution < 1.29 is 35.5 Å². The van der Waals surface area contributed by atoms with Crippen molar-refractivity contribution in [3.63, 3.8) is 0 Å². The van der Waals surface area contributed by atoms with Crippen LogP contribution >= 0.6 is 0 Å². The number of hydrogen-bond acceptors (Lipinski definition) is 5. The van der Waals surface area contributed by atoms with E-state index in [9.17, 15) is 30.7 Å². The molecule has 1 aliphatic heterocycles. The molecule has 1 atom stereocenters. The molecule has 0 bridgehead atoms. The van der Waals surface area contributed by atoms with Gasteiger partial charge < -0.3 is 4.74 Å². The van der Waals surface area contributed by atoms with E-state index in [0.29, 0.717) is 41.6 Å². The van der Waals surface area contributed by atoms with Gasteiger partial charge in [-0.1, -0.05) is 11.3 Å². The van der Waals surface area contributed by atoms with Crippen molar-refractivity contribution in [3.8, 4) is 28.2 Å². The van der Waals surface area contributed by atoms with Gasteiger partial charge in [0.05, 0.1) is 28.5 Å². The Hall–Kier alpha value is -4.33. The molecule has 4 heterocycles. The summed E-state index contributed by atoms with van der Waals surface area (Å²) in [6, 6.07) is 9.40. The smallest absolute Gasteiger partial charge is 0.356 e. The molecule has 0 saturated carbocycles. The Morgan fingerprint density at radius 3 is 2.32 bits per heavy atom. The van der Waals surface area contributed by atoms with Crippen LogP contribution in [-0.4, -0.2) is 36.4 Å². The van der Waals surface area contributed by atoms with Crippen LogP contribution in [0.1, 0.15) is 36.6 Å². The number of rotatable bonds is 4. The molecule has 1 aliphatic rings. The molecule has 41 heavy (non-hydrogen) atoms. The minimum absolute atomic E-state index is 0.0415. The lowest BCUT2D eigenvalue weighted by atomic mass is 10.0. The molecule has 212 valence electrons. The number of pyridine rings is 1. The largest absolute Gasteiger partial charge is 0.416 e. The van der Waals surface area contributed by atoms with Crippen LogP contribution in [0.4, 0.5) is 30.7 Å². The normalized spacial score (nSPS) is 16.4. The third-order valence-electron chi connectivity index (χ3n) is 6.78. The van der Waals surface area contributed by atoms with Gasteiger partial charge in [-0.25, -0.2) is 14.3 Å². The van der Waals surface area contributed by atoms with Crippen LogP contribution in [0.25, 0.3) is 39.1 Å². The number of fused-ring (bicyclic) bond motifs is 1. The van der Waals surface area contributed by atoms with Crippen molar-refractivity contribution in [1.82, 2.24) is 29.8 Å². The summed E-state index contributed by atoms with van der Waals surface area (Å²) in [7, 11) is 0. The highest BCUT2D eigenvalue weighted by atomic mass is 19.4. The summed E-state index contributed by atoms with van der Waals surface area (Å²) in [5, 5.41) is 13.0. The predicted molar refractivity (Wildman–Crippen MR) is 132 cm³/mol. The average Bonchev–Trinajstić information content (AvgIpc) is 3.58. The number of nitrogens with zero attached hydrogens (tertiary/aromatic N) is 6. The Labute approximate surface area is 227 Å². The van der Waals surface area contributed by atoms with Crippen LogP contribution in [0.5, 0.6) is 0 Å². The Kier molecular flexibility index (Phi) is 6.52. The molecule has 3 aromatic heterocycles. The van der Waals surface area contributed by atoms with Crippen LogP contribution in [0.3, 0.4) is 0 Å². The molecular weight excluding hydrogens is 557 g/mol. The molecule has 14 heteroatoms. The molecule has 0 amide bonds. The second-order valence-electron chi connectivity index (χ2n) is 9.50. The minimum Gasteiger partial charge on any atom is -0.356 e. The van der Waals surface area contributed by atoms with Crippen LogP contribution in [0.2, 0.25) is 0 Å². The van der Waals surface area contributed by atoms with Gasteiger partial charge in [-0.15, -0.1) is 5.10 Å². The first-order valence-electron chi connectivity index (χ1n) is 12.5. The van der Waals surface area contributed by atoms with Crippen LogP contribution in [0, 0.1) is 5.95 Å². The fraction of sp³-hybridized carbons (Fsp3) is 0.259. The van der Waals surface area contributed by atoms with Gasteiger partial charge in [0, 0.05) is 23.8 Å². The van der Waals surface area contributed by atoms with Crippen molar-refractivity contribution in [2.75, 3.05) is 6.61 Å². The van der Waals surface area contributed by atoms with Gasteiger partial charge in [-0.3, -0.25) is 0 Å². The van der Waals surface area contributed by atoms with Crippen molar-refractivity contribution in [2.24, 2.45) is 0 Å². The first kappa shape index (κ1) is 26.9. The summed E-state index contributed by atoms with van der Waals surface area (Å²) in [6.07, 6.45) is -5.48. The van der Waals surface area contributed by atoms with Gasteiger partial charge in [0.2, 0.25) is 5.95 Å². The molecule has 2 aromatic carbocycles. The molecule has 1 unspecified atom stereocenters. The number of benzene rings is 2. The molecule has 1 fully saturated rings. The molecule has 7 nitrogen and oxygen atoms in total. The van der Waals surface area contributed by atoms with E-state index in [1.807, 2.05) is 0 Å². The molecule has 1 saturated heterocycles. The topological polar surface area (TPSA) is 70.7 Å². The van der Waals surface area contributed by atoms with Gasteiger partial charge in [0.15, 0.2) is 6.23 Å². The summed E-state index contributed by atoms with van der Waals surface area (Å²) in [5.41, 5.74) is -1.79. The van der Waals surface area contributed by atoms with E-state index in [2.05, 4.69) is 20.4 Å². The zero-order valence-corrected chi connectivity index (χ0v) is 20.9. The summed E-state index contributed by atoms with van der Waals surface area (Å²) >= 11 is 0. The zero-order valence-electron chi connectivity index (χ0n) is 20.9. The van der Waals surface area contributed by atoms with Crippen molar-refractivity contribution in [3.05, 3.63) is 78.0 Å². The summed E-state index contributed by atoms with van der Waals surface area (Å²) in [5.74, 6) is -0.688. The van der Waals surface area contributed by atoms with E-state index in [4.69, 9.17) is 4.74 Å². The van der Waals surface area contributed by atoms with Gasteiger partial charge in [-0.05, 0) is 67.3 Å². The third-order valence-corrected chi connectivity index (χ3v) is 6.78. The van der Waals surface area contributed by atoms with Crippen molar-refractivity contribution >= 4 is 10.9 Å². The standard InChI is InChI=1S/C27H19F7N6O/c28-25-19(4-3-8-35-25)15-6-7-22-20(10-15)24(37-40(22)23-5-1-2-9-41-23)21-14-39(38-36-21)18-12-16(26(29,30)31)11-17(13-18)27(32,33)34/h3-4,6-8,10-14,23H,1-2,5,9H2. The van der Waals surface area contributed by atoms with Crippen LogP contribution in [0.15, 0.2) is 60.9 Å². The zero-order chi connectivity index (χ0) is 28.9. The quantitative estimate of drug-likeness (QED) is 0.167. The number of halogens is 7. The Balaban J connectivity index is 1.49. The molecule has 5 aromatic rings. The highest BCUT2D eigenvalue weighted by molar-refractivity contribution is 5.95. The second kappa shape index (κ2) is 9.94. The lowest BCUT2D eigenvalue weighted by molar-refractivity contribution is -0.143. The van der Waals surface area contributed by atoms with Crippen molar-refractivity contribution in [1.29, 1.82) is 0 Å². The third kappa shape index (κ3) is 5.14. The SMILES string of the molecule is Fc1ncccc1-c1ccc2c(c1)c(-c1cn(-c3cc(C(F)(F)F)cc(C(F)(F)F)c3)nn1)nn2C1CCCCO1. The number of ether oxygens (including phenoxy) is 1. The average molecular weight is 576 g/mol. The predicted octanol–water partition coefficient (Wildman–Crippen LogP) is 7.22. The van der Waals surface area contributed by atoms with Crippen LogP contribution < -0.4 is 0 Å². The molecule has 6 rings (SSSR count). The Morgan fingerprint density at radius 1 is 0.902 bits per heavy atom. The van der Waals surface area contributed by atoms with Gasteiger partial charge in [-0.2, -0.15) is 35.8 Å². The van der Waals surface area contributed by atoms with E-state index < -0.39 is 41.3 Å². The Morgan fingerprint density at radius 2 is 1.66 bits per heavy atom. The number of alkyl halides is 6. The number of aromatic nitrogens is 6. The highest BCUT2D eigenvalue weighted by Gasteiger charge is 2.37. The fourth-order valence-corrected chi connectivity index (χ4v) is 4.80. The Bertz CT molecular complexity index is 1700. The first-order valence-corrected chi connectivity index (χ1v) is 12.5. The van der Waals surface area contributed by atoms with Crippen LogP contribution in [-0.2, 0) is 17.1 Å². The maximum atomic E-state index is 14.5. The lowest BCUT2D eigenvalue weighted by Crippen LogP contribution is -2.19. The van der Waals surface area contributed by atoms with E-state index in [1.54, 1.807) is 35.0 Å². The molecular formula is C27H19F7N6O. The molecule has 0 aliphatic carbocycles. The van der Waals surface area contributed by atoms with E-state index in [1.165, 1.54) is 12.4 Å². The van der Waals surface area contributed by atoms with E-state index >= 15 is 0 Å². The first-order chi connectivity index (χ1) is 19.5. The maximum absolute atomic E-state index is 14.5. The van der Waals surface area contributed by atoms with Crippen molar-refractivity contribution in [2.45, 2.75) is 37.8 Å². The van der Waals surface area contributed by atoms with E-state index in [0.717, 1.165) is 17.5 Å². The molecule has 0 N–H and O–H groups in total. The minimum atomic E-state index is -5.02. The molecule has 0 radical (unpaired) electrons. The fourth-order valence-electron chi connectivity index (χ4n) is 4.80. The second-order valence-corrected chi connectivity index (χ2v) is 9.50. The van der Waals surface area contributed by atoms with Gasteiger partial charge in [0.1, 0.15) is 11.4 Å². The summed E-state index contributed by atoms with van der Waals surface area (Å²) in [4.78, 5) is 3.69. The van der Waals surface area contributed by atoms with Gasteiger partial charge in [0.25, 0.3) is 0 Å². The summed E-state index contributed by atoms with van der Waals surface area (Å²) < 4.78 is 103.